The number of aliphatic hydroxyl groups is 1. The van der Waals surface area contributed by atoms with Gasteiger partial charge in [0.05, 0.1) is 10.7 Å². The molecule has 1 amide bonds. The summed E-state index contributed by atoms with van der Waals surface area (Å²) in [6, 6.07) is 7.88. The molecule has 3 aliphatic carbocycles. The van der Waals surface area contributed by atoms with Crippen molar-refractivity contribution < 1.29 is 19.0 Å². The Hall–Kier alpha value is -2.22. The number of aliphatic hydroxyl groups excluding tert-OH is 1. The Labute approximate surface area is 173 Å². The molecule has 2 bridgehead atoms. The summed E-state index contributed by atoms with van der Waals surface area (Å²) < 4.78 is 18.7. The first kappa shape index (κ1) is 20.1. The van der Waals surface area contributed by atoms with E-state index in [-0.39, 0.29) is 34.4 Å². The highest BCUT2D eigenvalue weighted by Gasteiger charge is 2.69. The van der Waals surface area contributed by atoms with E-state index in [9.17, 15) is 14.3 Å². The van der Waals surface area contributed by atoms with Gasteiger partial charge in [-0.2, -0.15) is 0 Å². The lowest BCUT2D eigenvalue weighted by Crippen LogP contribution is -2.83. The van der Waals surface area contributed by atoms with Crippen molar-refractivity contribution in [2.24, 2.45) is 0 Å². The van der Waals surface area contributed by atoms with Gasteiger partial charge in [-0.05, 0) is 62.9 Å². The normalized spacial score (nSPS) is 25.6. The summed E-state index contributed by atoms with van der Waals surface area (Å²) in [4.78, 5) is 16.6. The van der Waals surface area contributed by atoms with Gasteiger partial charge in [0.2, 0.25) is 0 Å². The molecule has 3 aliphatic rings. The van der Waals surface area contributed by atoms with Crippen LogP contribution in [0.2, 0.25) is 5.02 Å². The summed E-state index contributed by atoms with van der Waals surface area (Å²) >= 11 is 5.63. The molecule has 3 N–H and O–H groups in total. The van der Waals surface area contributed by atoms with Gasteiger partial charge in [0.15, 0.2) is 6.61 Å². The standard InChI is InChI=1S/C21H23ClFN3O3/c1-12-5-13(2)24-17(6-12)19(28)26-21-9-20(10-21,11-21)25-18(27)8-29-14-3-4-15(22)16(23)7-14/h3-7,19,26,28H,8-11H2,1-2H3,(H,25,27). The number of hydrogen-bond donors (Lipinski definition) is 3. The number of aromatic nitrogens is 1. The fourth-order valence-corrected chi connectivity index (χ4v) is 4.62. The Morgan fingerprint density at radius 3 is 2.66 bits per heavy atom. The zero-order chi connectivity index (χ0) is 20.8. The number of hydrogen-bond acceptors (Lipinski definition) is 5. The lowest BCUT2D eigenvalue weighted by Gasteiger charge is -2.71. The van der Waals surface area contributed by atoms with Gasteiger partial charge >= 0.3 is 0 Å². The molecule has 1 aromatic heterocycles. The van der Waals surface area contributed by atoms with Gasteiger partial charge in [0.25, 0.3) is 5.91 Å². The van der Waals surface area contributed by atoms with E-state index in [0.717, 1.165) is 36.6 Å². The second-order valence-electron chi connectivity index (χ2n) is 8.26. The van der Waals surface area contributed by atoms with E-state index in [1.165, 1.54) is 12.1 Å². The van der Waals surface area contributed by atoms with Crippen LogP contribution in [-0.4, -0.2) is 33.7 Å². The van der Waals surface area contributed by atoms with Crippen molar-refractivity contribution in [2.75, 3.05) is 6.61 Å². The fourth-order valence-electron chi connectivity index (χ4n) is 4.50. The zero-order valence-electron chi connectivity index (χ0n) is 16.3. The molecule has 0 radical (unpaired) electrons. The summed E-state index contributed by atoms with van der Waals surface area (Å²) in [7, 11) is 0. The first-order valence-electron chi connectivity index (χ1n) is 9.48. The van der Waals surface area contributed by atoms with E-state index in [1.807, 2.05) is 26.0 Å². The summed E-state index contributed by atoms with van der Waals surface area (Å²) in [5, 5.41) is 16.7. The average molecular weight is 420 g/mol. The van der Waals surface area contributed by atoms with Crippen LogP contribution >= 0.6 is 11.6 Å². The molecule has 6 nitrogen and oxygen atoms in total. The monoisotopic (exact) mass is 419 g/mol. The van der Waals surface area contributed by atoms with E-state index in [0.29, 0.717) is 5.69 Å². The Morgan fingerprint density at radius 2 is 2.00 bits per heavy atom. The SMILES string of the molecule is Cc1cc(C)nc(C(O)NC23CC(NC(=O)COc4ccc(Cl)c(F)c4)(C2)C3)c1. The second-order valence-corrected chi connectivity index (χ2v) is 8.67. The molecule has 29 heavy (non-hydrogen) atoms. The van der Waals surface area contributed by atoms with Crippen LogP contribution in [0.1, 0.15) is 42.4 Å². The second kappa shape index (κ2) is 7.23. The van der Waals surface area contributed by atoms with Crippen LogP contribution in [0.15, 0.2) is 30.3 Å². The molecule has 1 atom stereocenters. The molecule has 3 saturated carbocycles. The Balaban J connectivity index is 1.25. The van der Waals surface area contributed by atoms with Crippen LogP contribution in [0, 0.1) is 19.7 Å². The number of halogens is 2. The van der Waals surface area contributed by atoms with E-state index in [4.69, 9.17) is 16.3 Å². The molecule has 1 unspecified atom stereocenters. The molecule has 3 fully saturated rings. The number of aryl methyl sites for hydroxylation is 2. The molecule has 5 rings (SSSR count). The highest BCUT2D eigenvalue weighted by molar-refractivity contribution is 6.30. The van der Waals surface area contributed by atoms with Crippen LogP contribution in [0.3, 0.4) is 0 Å². The minimum atomic E-state index is -0.842. The molecular weight excluding hydrogens is 397 g/mol. The van der Waals surface area contributed by atoms with Gasteiger partial charge in [0.1, 0.15) is 17.8 Å². The molecule has 0 spiro atoms. The Morgan fingerprint density at radius 1 is 1.28 bits per heavy atom. The van der Waals surface area contributed by atoms with E-state index < -0.39 is 12.0 Å². The number of pyridine rings is 1. The van der Waals surface area contributed by atoms with Gasteiger partial charge < -0.3 is 15.2 Å². The number of nitrogens with one attached hydrogen (secondary N) is 2. The topological polar surface area (TPSA) is 83.5 Å². The van der Waals surface area contributed by atoms with Gasteiger partial charge in [0, 0.05) is 22.8 Å². The summed E-state index contributed by atoms with van der Waals surface area (Å²) in [5.41, 5.74) is 2.09. The Kier molecular flexibility index (Phi) is 5.01. The van der Waals surface area contributed by atoms with Crippen molar-refractivity contribution in [1.82, 2.24) is 15.6 Å². The lowest BCUT2D eigenvalue weighted by molar-refractivity contribution is -0.151. The van der Waals surface area contributed by atoms with Gasteiger partial charge in [-0.1, -0.05) is 11.6 Å². The first-order chi connectivity index (χ1) is 13.7. The third-order valence-electron chi connectivity index (χ3n) is 5.54. The number of carbonyl (C=O) groups excluding carboxylic acids is 1. The van der Waals surface area contributed by atoms with Crippen LogP contribution < -0.4 is 15.4 Å². The van der Waals surface area contributed by atoms with Crippen molar-refractivity contribution >= 4 is 17.5 Å². The number of rotatable bonds is 7. The fraction of sp³-hybridized carbons (Fsp3) is 0.429. The average Bonchev–Trinajstić information content (AvgIpc) is 2.59. The minimum Gasteiger partial charge on any atom is -0.484 e. The van der Waals surface area contributed by atoms with Gasteiger partial charge in [-0.15, -0.1) is 0 Å². The van der Waals surface area contributed by atoms with Crippen LogP contribution in [0.25, 0.3) is 0 Å². The number of amides is 1. The maximum atomic E-state index is 13.4. The molecule has 8 heteroatoms. The van der Waals surface area contributed by atoms with Crippen LogP contribution in [-0.2, 0) is 4.79 Å². The number of benzene rings is 1. The summed E-state index contributed by atoms with van der Waals surface area (Å²) in [6.07, 6.45) is 1.38. The maximum absolute atomic E-state index is 13.4. The van der Waals surface area contributed by atoms with Gasteiger partial charge in [-0.3, -0.25) is 15.1 Å². The smallest absolute Gasteiger partial charge is 0.258 e. The maximum Gasteiger partial charge on any atom is 0.258 e. The van der Waals surface area contributed by atoms with Crippen LogP contribution in [0.4, 0.5) is 4.39 Å². The Bertz CT molecular complexity index is 928. The predicted molar refractivity (Wildman–Crippen MR) is 106 cm³/mol. The van der Waals surface area contributed by atoms with Crippen molar-refractivity contribution in [2.45, 2.75) is 50.4 Å². The molecular formula is C21H23ClFN3O3. The van der Waals surface area contributed by atoms with E-state index >= 15 is 0 Å². The number of ether oxygens (including phenoxy) is 1. The summed E-state index contributed by atoms with van der Waals surface area (Å²) in [5.74, 6) is -0.596. The van der Waals surface area contributed by atoms with Crippen LogP contribution in [0.5, 0.6) is 5.75 Å². The minimum absolute atomic E-state index is 0.00618. The van der Waals surface area contributed by atoms with Gasteiger partial charge in [-0.25, -0.2) is 4.39 Å². The molecule has 0 saturated heterocycles. The van der Waals surface area contributed by atoms with E-state index in [1.54, 1.807) is 0 Å². The zero-order valence-corrected chi connectivity index (χ0v) is 17.0. The molecule has 1 heterocycles. The quantitative estimate of drug-likeness (QED) is 0.601. The third kappa shape index (κ3) is 4.08. The first-order valence-corrected chi connectivity index (χ1v) is 9.85. The van der Waals surface area contributed by atoms with Crippen molar-refractivity contribution in [1.29, 1.82) is 0 Å². The highest BCUT2D eigenvalue weighted by atomic mass is 35.5. The molecule has 1 aromatic carbocycles. The number of carbonyl (C=O) groups is 1. The lowest BCUT2D eigenvalue weighted by atomic mass is 9.44. The molecule has 0 aliphatic heterocycles. The van der Waals surface area contributed by atoms with E-state index in [2.05, 4.69) is 15.6 Å². The summed E-state index contributed by atoms with van der Waals surface area (Å²) in [6.45, 7) is 3.67. The van der Waals surface area contributed by atoms with Crippen molar-refractivity contribution in [3.8, 4) is 5.75 Å². The molecule has 154 valence electrons. The number of nitrogens with zero attached hydrogens (tertiary/aromatic N) is 1. The predicted octanol–water partition coefficient (Wildman–Crippen LogP) is 2.94. The van der Waals surface area contributed by atoms with Crippen molar-refractivity contribution in [3.05, 3.63) is 58.1 Å². The highest BCUT2D eigenvalue weighted by Crippen LogP contribution is 2.60. The largest absolute Gasteiger partial charge is 0.484 e. The molecule has 2 aromatic rings. The third-order valence-corrected chi connectivity index (χ3v) is 5.84. The van der Waals surface area contributed by atoms with Crippen molar-refractivity contribution in [3.63, 3.8) is 0 Å².